The Morgan fingerprint density at radius 1 is 1.31 bits per heavy atom. The lowest BCUT2D eigenvalue weighted by Crippen LogP contribution is -2.13. The first-order chi connectivity index (χ1) is 12.0. The standard InChI is InChI=1S/C16H17N5OS3.ClH/c1-9-7-11(25-16-21-20-10(2)24-16)3-4-12(9)19-15(22)13-8-23-14(18-13)5-6-17;/h3-4,7-8H,5-6,17H2,1-2H3,(H,19,22);1H. The monoisotopic (exact) mass is 427 g/mol. The van der Waals surface area contributed by atoms with Gasteiger partial charge in [0.2, 0.25) is 0 Å². The number of hydrogen-bond donors (Lipinski definition) is 2. The van der Waals surface area contributed by atoms with Crippen LogP contribution >= 0.6 is 46.8 Å². The second-order valence-electron chi connectivity index (χ2n) is 5.29. The summed E-state index contributed by atoms with van der Waals surface area (Å²) in [6.45, 7) is 4.43. The summed E-state index contributed by atoms with van der Waals surface area (Å²) in [7, 11) is 0. The number of rotatable bonds is 6. The van der Waals surface area contributed by atoms with Crippen LogP contribution in [0, 0.1) is 13.8 Å². The maximum Gasteiger partial charge on any atom is 0.275 e. The Kier molecular flexibility index (Phi) is 7.54. The summed E-state index contributed by atoms with van der Waals surface area (Å²) in [5, 5.41) is 14.6. The van der Waals surface area contributed by atoms with Gasteiger partial charge in [-0.25, -0.2) is 4.98 Å². The fraction of sp³-hybridized carbons (Fsp3) is 0.250. The van der Waals surface area contributed by atoms with E-state index in [1.165, 1.54) is 11.3 Å². The molecule has 0 aliphatic carbocycles. The highest BCUT2D eigenvalue weighted by atomic mass is 35.5. The van der Waals surface area contributed by atoms with Crippen molar-refractivity contribution in [3.05, 3.63) is 44.9 Å². The van der Waals surface area contributed by atoms with E-state index in [9.17, 15) is 4.79 Å². The molecule has 0 atom stereocenters. The molecule has 2 aromatic heterocycles. The third-order valence-electron chi connectivity index (χ3n) is 3.30. The summed E-state index contributed by atoms with van der Waals surface area (Å²) in [6.07, 6.45) is 0.688. The molecule has 3 N–H and O–H groups in total. The average Bonchev–Trinajstić information content (AvgIpc) is 3.20. The quantitative estimate of drug-likeness (QED) is 0.618. The van der Waals surface area contributed by atoms with E-state index in [0.29, 0.717) is 18.7 Å². The molecule has 0 spiro atoms. The molecule has 10 heteroatoms. The molecule has 0 aliphatic rings. The summed E-state index contributed by atoms with van der Waals surface area (Å²) >= 11 is 4.58. The SMILES string of the molecule is Cc1nnc(Sc2ccc(NC(=O)c3csc(CCN)n3)c(C)c2)s1.Cl. The molecule has 0 fully saturated rings. The number of thiazole rings is 1. The number of nitrogens with zero attached hydrogens (tertiary/aromatic N) is 3. The van der Waals surface area contributed by atoms with Gasteiger partial charge in [0.25, 0.3) is 5.91 Å². The van der Waals surface area contributed by atoms with E-state index in [2.05, 4.69) is 20.5 Å². The lowest BCUT2D eigenvalue weighted by molar-refractivity contribution is 0.102. The predicted molar refractivity (Wildman–Crippen MR) is 110 cm³/mol. The minimum absolute atomic E-state index is 0. The van der Waals surface area contributed by atoms with Crippen LogP contribution in [0.2, 0.25) is 0 Å². The van der Waals surface area contributed by atoms with Gasteiger partial charge < -0.3 is 11.1 Å². The normalized spacial score (nSPS) is 10.4. The van der Waals surface area contributed by atoms with Crippen molar-refractivity contribution >= 4 is 58.4 Å². The van der Waals surface area contributed by atoms with Gasteiger partial charge in [0.05, 0.1) is 5.01 Å². The number of benzene rings is 1. The number of aryl methyl sites for hydroxylation is 2. The van der Waals surface area contributed by atoms with Crippen LogP contribution in [0.1, 0.15) is 26.1 Å². The Hall–Kier alpha value is -1.52. The van der Waals surface area contributed by atoms with Crippen LogP contribution in [0.4, 0.5) is 5.69 Å². The Morgan fingerprint density at radius 3 is 2.77 bits per heavy atom. The largest absolute Gasteiger partial charge is 0.330 e. The second kappa shape index (κ2) is 9.43. The Balaban J connectivity index is 0.00000243. The first-order valence-corrected chi connectivity index (χ1v) is 10.1. The van der Waals surface area contributed by atoms with Gasteiger partial charge >= 0.3 is 0 Å². The zero-order valence-electron chi connectivity index (χ0n) is 14.2. The second-order valence-corrected chi connectivity index (χ2v) is 8.73. The van der Waals surface area contributed by atoms with E-state index < -0.39 is 0 Å². The van der Waals surface area contributed by atoms with Crippen molar-refractivity contribution < 1.29 is 4.79 Å². The van der Waals surface area contributed by atoms with Crippen molar-refractivity contribution in [2.75, 3.05) is 11.9 Å². The smallest absolute Gasteiger partial charge is 0.275 e. The van der Waals surface area contributed by atoms with Crippen molar-refractivity contribution in [2.45, 2.75) is 29.5 Å². The zero-order valence-corrected chi connectivity index (χ0v) is 17.4. The predicted octanol–water partition coefficient (Wildman–Crippen LogP) is 3.94. The maximum atomic E-state index is 12.3. The third kappa shape index (κ3) is 5.24. The molecule has 2 heterocycles. The summed E-state index contributed by atoms with van der Waals surface area (Å²) < 4.78 is 0.906. The molecule has 0 saturated heterocycles. The first kappa shape index (κ1) is 20.8. The summed E-state index contributed by atoms with van der Waals surface area (Å²) in [5.41, 5.74) is 7.70. The van der Waals surface area contributed by atoms with Crippen LogP contribution in [0.3, 0.4) is 0 Å². The number of carbonyl (C=O) groups is 1. The van der Waals surface area contributed by atoms with Gasteiger partial charge in [-0.1, -0.05) is 23.1 Å². The number of amides is 1. The van der Waals surface area contributed by atoms with Crippen molar-refractivity contribution in [2.24, 2.45) is 5.73 Å². The Labute approximate surface area is 170 Å². The highest BCUT2D eigenvalue weighted by Gasteiger charge is 2.12. The number of aromatic nitrogens is 3. The molecule has 0 saturated carbocycles. The minimum atomic E-state index is -0.206. The Bertz CT molecular complexity index is 896. The topological polar surface area (TPSA) is 93.8 Å². The van der Waals surface area contributed by atoms with E-state index in [0.717, 1.165) is 30.5 Å². The first-order valence-electron chi connectivity index (χ1n) is 7.59. The highest BCUT2D eigenvalue weighted by molar-refractivity contribution is 8.01. The van der Waals surface area contributed by atoms with Crippen molar-refractivity contribution in [1.29, 1.82) is 0 Å². The zero-order chi connectivity index (χ0) is 17.8. The van der Waals surface area contributed by atoms with Gasteiger partial charge in [0.1, 0.15) is 10.7 Å². The third-order valence-corrected chi connectivity index (χ3v) is 6.09. The molecule has 3 rings (SSSR count). The maximum absolute atomic E-state index is 12.3. The number of halogens is 1. The van der Waals surface area contributed by atoms with Gasteiger partial charge in [0, 0.05) is 22.4 Å². The van der Waals surface area contributed by atoms with Gasteiger partial charge in [-0.05, 0) is 44.2 Å². The number of anilines is 1. The molecular formula is C16H18ClN5OS3. The molecule has 0 aliphatic heterocycles. The van der Waals surface area contributed by atoms with Crippen molar-refractivity contribution in [3.8, 4) is 0 Å². The lowest BCUT2D eigenvalue weighted by Gasteiger charge is -2.08. The van der Waals surface area contributed by atoms with Crippen LogP contribution in [-0.2, 0) is 6.42 Å². The van der Waals surface area contributed by atoms with Gasteiger partial charge in [0.15, 0.2) is 4.34 Å². The molecule has 0 radical (unpaired) electrons. The molecule has 138 valence electrons. The van der Waals surface area contributed by atoms with Crippen molar-refractivity contribution in [1.82, 2.24) is 15.2 Å². The van der Waals surface area contributed by atoms with Crippen LogP contribution in [0.5, 0.6) is 0 Å². The van der Waals surface area contributed by atoms with Crippen molar-refractivity contribution in [3.63, 3.8) is 0 Å². The Morgan fingerprint density at radius 2 is 2.12 bits per heavy atom. The highest BCUT2D eigenvalue weighted by Crippen LogP contribution is 2.32. The fourth-order valence-corrected chi connectivity index (χ4v) is 4.78. The summed E-state index contributed by atoms with van der Waals surface area (Å²) in [5.74, 6) is -0.206. The van der Waals surface area contributed by atoms with E-state index in [1.807, 2.05) is 32.0 Å². The summed E-state index contributed by atoms with van der Waals surface area (Å²) in [6, 6.07) is 5.89. The average molecular weight is 428 g/mol. The minimum Gasteiger partial charge on any atom is -0.330 e. The van der Waals surface area contributed by atoms with Crippen LogP contribution in [0.25, 0.3) is 0 Å². The van der Waals surface area contributed by atoms with Gasteiger partial charge in [-0.2, -0.15) is 0 Å². The molecule has 1 amide bonds. The molecule has 26 heavy (non-hydrogen) atoms. The van der Waals surface area contributed by atoms with E-state index in [4.69, 9.17) is 5.73 Å². The molecule has 1 aromatic carbocycles. The van der Waals surface area contributed by atoms with Gasteiger partial charge in [-0.3, -0.25) is 4.79 Å². The number of carbonyl (C=O) groups excluding carboxylic acids is 1. The van der Waals surface area contributed by atoms with E-state index in [1.54, 1.807) is 28.5 Å². The number of nitrogens with two attached hydrogens (primary N) is 1. The molecule has 0 unspecified atom stereocenters. The molecule has 6 nitrogen and oxygen atoms in total. The number of hydrogen-bond acceptors (Lipinski definition) is 8. The van der Waals surface area contributed by atoms with Gasteiger partial charge in [-0.15, -0.1) is 33.9 Å². The number of nitrogens with one attached hydrogen (secondary N) is 1. The van der Waals surface area contributed by atoms with E-state index in [-0.39, 0.29) is 18.3 Å². The summed E-state index contributed by atoms with van der Waals surface area (Å²) in [4.78, 5) is 17.7. The van der Waals surface area contributed by atoms with E-state index >= 15 is 0 Å². The van der Waals surface area contributed by atoms with Crippen LogP contribution in [0.15, 0.2) is 32.8 Å². The lowest BCUT2D eigenvalue weighted by atomic mass is 10.2. The van der Waals surface area contributed by atoms with Crippen LogP contribution in [-0.4, -0.2) is 27.6 Å². The fourth-order valence-electron chi connectivity index (χ4n) is 2.10. The van der Waals surface area contributed by atoms with Crippen LogP contribution < -0.4 is 11.1 Å². The molecule has 0 bridgehead atoms. The molecular weight excluding hydrogens is 410 g/mol. The molecule has 3 aromatic rings.